The molecule has 0 unspecified atom stereocenters. The Bertz CT molecular complexity index is 778. The zero-order valence-electron chi connectivity index (χ0n) is 8.47. The maximum absolute atomic E-state index is 4.36. The molecule has 0 atom stereocenters. The highest BCUT2D eigenvalue weighted by Crippen LogP contribution is 2.19. The first-order valence-corrected chi connectivity index (χ1v) is 6.08. The first kappa shape index (κ1) is 8.42. The van der Waals surface area contributed by atoms with Gasteiger partial charge in [-0.15, -0.1) is 11.3 Å². The minimum Gasteiger partial charge on any atom is -0.264 e. The van der Waals surface area contributed by atoms with Crippen molar-refractivity contribution in [2.24, 2.45) is 4.99 Å². The Balaban J connectivity index is 2.28. The van der Waals surface area contributed by atoms with Crippen LogP contribution in [0.1, 0.15) is 6.42 Å². The van der Waals surface area contributed by atoms with Crippen molar-refractivity contribution in [2.45, 2.75) is 6.42 Å². The third kappa shape index (κ3) is 1.06. The van der Waals surface area contributed by atoms with E-state index in [0.717, 1.165) is 11.9 Å². The van der Waals surface area contributed by atoms with Gasteiger partial charge in [0.2, 0.25) is 0 Å². The molecule has 0 spiro atoms. The molecule has 4 rings (SSSR count). The van der Waals surface area contributed by atoms with Crippen LogP contribution in [0.4, 0.5) is 0 Å². The number of benzene rings is 1. The number of aliphatic imine (C=N–C) groups is 1. The topological polar surface area (TPSA) is 25.2 Å². The van der Waals surface area contributed by atoms with Crippen LogP contribution in [-0.2, 0) is 0 Å². The fourth-order valence-corrected chi connectivity index (χ4v) is 3.01. The van der Waals surface area contributed by atoms with Gasteiger partial charge in [-0.2, -0.15) is 0 Å². The molecule has 1 aliphatic carbocycles. The molecule has 2 heterocycles. The first-order valence-electron chi connectivity index (χ1n) is 5.20. The molecule has 3 heteroatoms. The van der Waals surface area contributed by atoms with Crippen molar-refractivity contribution in [2.75, 3.05) is 0 Å². The van der Waals surface area contributed by atoms with Crippen molar-refractivity contribution < 1.29 is 0 Å². The number of hydrogen-bond acceptors (Lipinski definition) is 3. The van der Waals surface area contributed by atoms with E-state index in [0.29, 0.717) is 0 Å². The quantitative estimate of drug-likeness (QED) is 0.667. The first-order chi connectivity index (χ1) is 7.90. The summed E-state index contributed by atoms with van der Waals surface area (Å²) in [6.07, 6.45) is 7.15. The van der Waals surface area contributed by atoms with Gasteiger partial charge in [0.05, 0.1) is 15.7 Å². The SMILES string of the molecule is C1=NC=C2C=c3cc4scnc4cc3=C1C2. The minimum absolute atomic E-state index is 1.01. The van der Waals surface area contributed by atoms with Gasteiger partial charge >= 0.3 is 0 Å². The van der Waals surface area contributed by atoms with Crippen LogP contribution in [0.2, 0.25) is 0 Å². The minimum atomic E-state index is 1.01. The van der Waals surface area contributed by atoms with E-state index >= 15 is 0 Å². The lowest BCUT2D eigenvalue weighted by molar-refractivity contribution is 1.25. The number of rotatable bonds is 0. The van der Waals surface area contributed by atoms with E-state index in [1.807, 2.05) is 17.9 Å². The van der Waals surface area contributed by atoms with Crippen LogP contribution in [0.15, 0.2) is 34.4 Å². The Hall–Kier alpha value is -1.74. The fraction of sp³-hybridized carbons (Fsp3) is 0.0769. The lowest BCUT2D eigenvalue weighted by atomic mass is 9.95. The number of allylic oxidation sites excluding steroid dienone is 1. The molecular weight excluding hydrogens is 216 g/mol. The summed E-state index contributed by atoms with van der Waals surface area (Å²) in [4.78, 5) is 8.62. The Kier molecular flexibility index (Phi) is 1.52. The van der Waals surface area contributed by atoms with E-state index < -0.39 is 0 Å². The molecule has 16 heavy (non-hydrogen) atoms. The molecular formula is C13H8N2S. The average molecular weight is 224 g/mol. The van der Waals surface area contributed by atoms with Crippen LogP contribution in [0.3, 0.4) is 0 Å². The number of fused-ring (bicyclic) bond motifs is 4. The summed E-state index contributed by atoms with van der Waals surface area (Å²) < 4.78 is 1.26. The molecule has 2 aliphatic rings. The maximum atomic E-state index is 4.36. The summed E-state index contributed by atoms with van der Waals surface area (Å²) in [5.74, 6) is 0. The number of aromatic nitrogens is 1. The lowest BCUT2D eigenvalue weighted by Gasteiger charge is -2.12. The Morgan fingerprint density at radius 2 is 2.25 bits per heavy atom. The molecule has 1 aromatic heterocycles. The van der Waals surface area contributed by atoms with Gasteiger partial charge in [-0.1, -0.05) is 0 Å². The molecule has 0 amide bonds. The van der Waals surface area contributed by atoms with Crippen LogP contribution < -0.4 is 10.4 Å². The summed E-state index contributed by atoms with van der Waals surface area (Å²) in [6.45, 7) is 0. The van der Waals surface area contributed by atoms with Gasteiger partial charge < -0.3 is 0 Å². The predicted octanol–water partition coefficient (Wildman–Crippen LogP) is 1.60. The van der Waals surface area contributed by atoms with Crippen LogP contribution in [0.5, 0.6) is 0 Å². The van der Waals surface area contributed by atoms with E-state index in [1.54, 1.807) is 11.3 Å². The van der Waals surface area contributed by atoms with Gasteiger partial charge in [0.15, 0.2) is 0 Å². The summed E-state index contributed by atoms with van der Waals surface area (Å²) >= 11 is 1.69. The molecule has 0 saturated carbocycles. The fourth-order valence-electron chi connectivity index (χ4n) is 2.30. The van der Waals surface area contributed by atoms with Crippen molar-refractivity contribution in [3.63, 3.8) is 0 Å². The normalized spacial score (nSPS) is 17.0. The third-order valence-electron chi connectivity index (χ3n) is 3.05. The highest BCUT2D eigenvalue weighted by Gasteiger charge is 2.10. The maximum Gasteiger partial charge on any atom is 0.0818 e. The van der Waals surface area contributed by atoms with Crippen LogP contribution in [0.25, 0.3) is 21.9 Å². The third-order valence-corrected chi connectivity index (χ3v) is 3.85. The Morgan fingerprint density at radius 3 is 3.25 bits per heavy atom. The van der Waals surface area contributed by atoms with E-state index in [9.17, 15) is 0 Å². The molecule has 76 valence electrons. The summed E-state index contributed by atoms with van der Waals surface area (Å²) in [5.41, 5.74) is 5.61. The highest BCUT2D eigenvalue weighted by atomic mass is 32.1. The van der Waals surface area contributed by atoms with Crippen molar-refractivity contribution in [3.05, 3.63) is 39.9 Å². The molecule has 1 aliphatic heterocycles. The van der Waals surface area contributed by atoms with Crippen molar-refractivity contribution >= 4 is 39.4 Å². The number of thiazole rings is 1. The van der Waals surface area contributed by atoms with Crippen LogP contribution in [-0.4, -0.2) is 11.2 Å². The largest absolute Gasteiger partial charge is 0.264 e. The Labute approximate surface area is 96.0 Å². The van der Waals surface area contributed by atoms with E-state index in [2.05, 4.69) is 28.2 Å². The summed E-state index contributed by atoms with van der Waals surface area (Å²) in [7, 11) is 0. The van der Waals surface area contributed by atoms with Gasteiger partial charge in [0.1, 0.15) is 0 Å². The van der Waals surface area contributed by atoms with Crippen LogP contribution >= 0.6 is 11.3 Å². The zero-order valence-corrected chi connectivity index (χ0v) is 9.29. The molecule has 2 bridgehead atoms. The molecule has 2 aromatic rings. The molecule has 0 fully saturated rings. The van der Waals surface area contributed by atoms with E-state index in [-0.39, 0.29) is 0 Å². The van der Waals surface area contributed by atoms with Gasteiger partial charge in [-0.05, 0) is 39.8 Å². The van der Waals surface area contributed by atoms with Gasteiger partial charge in [0, 0.05) is 18.8 Å². The second kappa shape index (κ2) is 2.89. The van der Waals surface area contributed by atoms with Crippen LogP contribution in [0, 0.1) is 0 Å². The molecule has 0 saturated heterocycles. The van der Waals surface area contributed by atoms with Gasteiger partial charge in [0.25, 0.3) is 0 Å². The molecule has 2 nitrogen and oxygen atoms in total. The highest BCUT2D eigenvalue weighted by molar-refractivity contribution is 7.16. The second-order valence-electron chi connectivity index (χ2n) is 4.09. The molecule has 1 aromatic carbocycles. The average Bonchev–Trinajstić information content (AvgIpc) is 2.74. The van der Waals surface area contributed by atoms with Gasteiger partial charge in [-0.25, -0.2) is 4.98 Å². The predicted molar refractivity (Wildman–Crippen MR) is 67.9 cm³/mol. The van der Waals surface area contributed by atoms with Gasteiger partial charge in [-0.3, -0.25) is 4.99 Å². The Morgan fingerprint density at radius 1 is 1.25 bits per heavy atom. The summed E-state index contributed by atoms with van der Waals surface area (Å²) in [5, 5.41) is 2.59. The van der Waals surface area contributed by atoms with Crippen molar-refractivity contribution in [1.82, 2.24) is 4.98 Å². The van der Waals surface area contributed by atoms with Crippen molar-refractivity contribution in [1.29, 1.82) is 0 Å². The molecule has 0 N–H and O–H groups in total. The monoisotopic (exact) mass is 224 g/mol. The smallest absolute Gasteiger partial charge is 0.0818 e. The van der Waals surface area contributed by atoms with Crippen molar-refractivity contribution in [3.8, 4) is 0 Å². The zero-order chi connectivity index (χ0) is 10.5. The second-order valence-corrected chi connectivity index (χ2v) is 4.97. The number of nitrogens with zero attached hydrogens (tertiary/aromatic N) is 2. The summed E-state index contributed by atoms with van der Waals surface area (Å²) in [6, 6.07) is 4.41. The van der Waals surface area contributed by atoms with E-state index in [1.165, 1.54) is 26.3 Å². The lowest BCUT2D eigenvalue weighted by Crippen LogP contribution is -2.31. The number of hydrogen-bond donors (Lipinski definition) is 0. The standard InChI is InChI=1S/C13H8N2S/c1-8-2-10(6-14-5-8)11-4-12-13(3-9(1)11)16-7-15-12/h1,3-7H,2H2. The van der Waals surface area contributed by atoms with E-state index in [4.69, 9.17) is 0 Å². The molecule has 0 radical (unpaired) electrons.